The highest BCUT2D eigenvalue weighted by molar-refractivity contribution is 5.80. The summed E-state index contributed by atoms with van der Waals surface area (Å²) in [7, 11) is 0. The number of aliphatic hydroxyl groups is 1. The van der Waals surface area contributed by atoms with Gasteiger partial charge in [0, 0.05) is 38.3 Å². The van der Waals surface area contributed by atoms with E-state index in [-0.39, 0.29) is 12.1 Å². The van der Waals surface area contributed by atoms with Crippen molar-refractivity contribution in [3.05, 3.63) is 35.9 Å². The first-order chi connectivity index (χ1) is 19.1. The van der Waals surface area contributed by atoms with Crippen LogP contribution in [0.3, 0.4) is 0 Å². The van der Waals surface area contributed by atoms with Crippen LogP contribution < -0.4 is 5.73 Å². The van der Waals surface area contributed by atoms with Gasteiger partial charge in [-0.25, -0.2) is 0 Å². The zero-order valence-corrected chi connectivity index (χ0v) is 25.7. The molecule has 0 spiro atoms. The number of nitrogens with zero attached hydrogens (tertiary/aromatic N) is 5. The molecule has 0 aromatic heterocycles. The predicted octanol–water partition coefficient (Wildman–Crippen LogP) is 3.85. The van der Waals surface area contributed by atoms with Crippen molar-refractivity contribution in [3.63, 3.8) is 0 Å². The molecule has 3 heterocycles. The van der Waals surface area contributed by atoms with Crippen LogP contribution in [0.1, 0.15) is 72.3 Å². The van der Waals surface area contributed by atoms with Crippen molar-refractivity contribution >= 4 is 11.9 Å². The first kappa shape index (κ1) is 30.6. The molecule has 3 aliphatic rings. The number of aliphatic hydroxyl groups excluding tert-OH is 1. The van der Waals surface area contributed by atoms with Crippen LogP contribution in [0.2, 0.25) is 0 Å². The summed E-state index contributed by atoms with van der Waals surface area (Å²) in [5.74, 6) is 2.55. The van der Waals surface area contributed by atoms with Crippen LogP contribution in [0.15, 0.2) is 35.3 Å². The molecule has 40 heavy (non-hydrogen) atoms. The molecule has 2 saturated heterocycles. The van der Waals surface area contributed by atoms with Gasteiger partial charge in [0.2, 0.25) is 0 Å². The Labute approximate surface area is 243 Å². The fraction of sp³-hybridized carbons (Fsp3) is 0.750. The number of benzene rings is 1. The molecular formula is C32H55N7O. The van der Waals surface area contributed by atoms with E-state index < -0.39 is 6.10 Å². The Morgan fingerprint density at radius 1 is 1.05 bits per heavy atom. The summed E-state index contributed by atoms with van der Waals surface area (Å²) >= 11 is 0. The number of guanidine groups is 2. The third-order valence-corrected chi connectivity index (χ3v) is 9.11. The molecular weight excluding hydrogens is 498 g/mol. The molecule has 8 heteroatoms. The number of likely N-dealkylation sites (tertiary alicyclic amines) is 1. The Morgan fingerprint density at radius 2 is 1.80 bits per heavy atom. The fourth-order valence-electron chi connectivity index (χ4n) is 6.95. The van der Waals surface area contributed by atoms with Crippen LogP contribution >= 0.6 is 0 Å². The van der Waals surface area contributed by atoms with Crippen molar-refractivity contribution in [1.82, 2.24) is 19.6 Å². The van der Waals surface area contributed by atoms with Gasteiger partial charge in [0.1, 0.15) is 0 Å². The normalized spacial score (nSPS) is 25.5. The van der Waals surface area contributed by atoms with E-state index in [1.165, 1.54) is 18.4 Å². The molecule has 4 rings (SSSR count). The first-order valence-electron chi connectivity index (χ1n) is 15.8. The number of nitrogens with one attached hydrogen (secondary N) is 1. The highest BCUT2D eigenvalue weighted by Gasteiger charge is 2.41. The van der Waals surface area contributed by atoms with Crippen LogP contribution in [0.5, 0.6) is 0 Å². The zero-order valence-electron chi connectivity index (χ0n) is 25.7. The highest BCUT2D eigenvalue weighted by atomic mass is 16.3. The second-order valence-corrected chi connectivity index (χ2v) is 13.3. The molecule has 0 bridgehead atoms. The second-order valence-electron chi connectivity index (χ2n) is 13.3. The van der Waals surface area contributed by atoms with Crippen molar-refractivity contribution in [1.29, 1.82) is 5.41 Å². The van der Waals surface area contributed by atoms with Gasteiger partial charge in [-0.05, 0) is 69.4 Å². The molecule has 0 saturated carbocycles. The Morgan fingerprint density at radius 3 is 2.48 bits per heavy atom. The van der Waals surface area contributed by atoms with E-state index in [9.17, 15) is 10.5 Å². The molecule has 224 valence electrons. The number of hydrogen-bond donors (Lipinski definition) is 3. The average Bonchev–Trinajstić information content (AvgIpc) is 3.58. The number of nitrogens with two attached hydrogens (primary N) is 1. The lowest BCUT2D eigenvalue weighted by Crippen LogP contribution is -2.52. The third kappa shape index (κ3) is 7.69. The molecule has 3 aliphatic heterocycles. The SMILES string of the molecule is CC(C)CCCN1C(=N)N([C@H](Cc2ccccc2)CN2CCC[C@H]2CN2C(N)=NC[C@H]2CC(C)C)C[C@H]1[C@@H](C)O. The summed E-state index contributed by atoms with van der Waals surface area (Å²) in [5, 5.41) is 20.0. The largest absolute Gasteiger partial charge is 0.391 e. The average molecular weight is 554 g/mol. The fourth-order valence-corrected chi connectivity index (χ4v) is 6.95. The maximum Gasteiger partial charge on any atom is 0.194 e. The monoisotopic (exact) mass is 553 g/mol. The predicted molar refractivity (Wildman–Crippen MR) is 166 cm³/mol. The van der Waals surface area contributed by atoms with Crippen molar-refractivity contribution < 1.29 is 5.11 Å². The lowest BCUT2D eigenvalue weighted by atomic mass is 10.0. The second kappa shape index (κ2) is 14.0. The molecule has 2 fully saturated rings. The maximum atomic E-state index is 10.7. The summed E-state index contributed by atoms with van der Waals surface area (Å²) in [6.07, 6.45) is 6.08. The summed E-state index contributed by atoms with van der Waals surface area (Å²) in [6.45, 7) is 16.2. The topological polar surface area (TPSA) is 95.4 Å². The summed E-state index contributed by atoms with van der Waals surface area (Å²) in [6, 6.07) is 11.7. The zero-order chi connectivity index (χ0) is 28.8. The quantitative estimate of drug-likeness (QED) is 0.324. The Balaban J connectivity index is 1.51. The van der Waals surface area contributed by atoms with E-state index >= 15 is 0 Å². The van der Waals surface area contributed by atoms with Crippen molar-refractivity contribution in [3.8, 4) is 0 Å². The molecule has 0 unspecified atom stereocenters. The van der Waals surface area contributed by atoms with Gasteiger partial charge in [-0.15, -0.1) is 0 Å². The Bertz CT molecular complexity index is 965. The van der Waals surface area contributed by atoms with Crippen LogP contribution in [-0.4, -0.2) is 106 Å². The minimum atomic E-state index is -0.475. The molecule has 5 atom stereocenters. The van der Waals surface area contributed by atoms with E-state index in [2.05, 4.69) is 82.6 Å². The van der Waals surface area contributed by atoms with Gasteiger partial charge in [0.05, 0.1) is 24.7 Å². The third-order valence-electron chi connectivity index (χ3n) is 9.11. The standard InChI is InChI=1S/C32H55N7O/c1-23(2)11-9-16-37-30(25(5)40)22-39(32(37)34)29(18-26-12-7-6-8-13-26)20-36-15-10-14-27(36)21-38-28(17-24(3)4)19-35-31(38)33/h6-8,12-13,23-25,27-30,34,40H,9-11,14-22H2,1-5H3,(H2,33,35)/t25-,27+,28-,29-,30+/m1/s1. The van der Waals surface area contributed by atoms with E-state index in [0.29, 0.717) is 42.4 Å². The Kier molecular flexibility index (Phi) is 10.7. The molecule has 8 nitrogen and oxygen atoms in total. The summed E-state index contributed by atoms with van der Waals surface area (Å²) < 4.78 is 0. The van der Waals surface area contributed by atoms with Gasteiger partial charge in [0.25, 0.3) is 0 Å². The number of rotatable bonds is 14. The van der Waals surface area contributed by atoms with E-state index in [4.69, 9.17) is 5.73 Å². The van der Waals surface area contributed by atoms with Gasteiger partial charge in [-0.2, -0.15) is 0 Å². The van der Waals surface area contributed by atoms with E-state index in [1.807, 2.05) is 6.92 Å². The summed E-state index contributed by atoms with van der Waals surface area (Å²) in [4.78, 5) is 14.1. The molecule has 0 amide bonds. The molecule has 0 aliphatic carbocycles. The van der Waals surface area contributed by atoms with E-state index in [1.54, 1.807) is 0 Å². The van der Waals surface area contributed by atoms with Gasteiger partial charge in [0.15, 0.2) is 11.9 Å². The Hall–Kier alpha value is -2.32. The van der Waals surface area contributed by atoms with Crippen LogP contribution in [0.4, 0.5) is 0 Å². The highest BCUT2D eigenvalue weighted by Crippen LogP contribution is 2.28. The van der Waals surface area contributed by atoms with Crippen LogP contribution in [-0.2, 0) is 6.42 Å². The van der Waals surface area contributed by atoms with Gasteiger partial charge < -0.3 is 25.5 Å². The smallest absolute Gasteiger partial charge is 0.194 e. The lowest BCUT2D eigenvalue weighted by Gasteiger charge is -2.37. The van der Waals surface area contributed by atoms with Gasteiger partial charge in [-0.1, -0.05) is 58.0 Å². The number of hydrogen-bond acceptors (Lipinski definition) is 6. The number of aliphatic imine (C=N–C) groups is 1. The minimum absolute atomic E-state index is 0.0373. The van der Waals surface area contributed by atoms with Gasteiger partial charge in [-0.3, -0.25) is 15.3 Å². The molecule has 4 N–H and O–H groups in total. The van der Waals surface area contributed by atoms with Crippen molar-refractivity contribution in [2.45, 2.75) is 103 Å². The van der Waals surface area contributed by atoms with Crippen molar-refractivity contribution in [2.24, 2.45) is 22.6 Å². The molecule has 0 radical (unpaired) electrons. The summed E-state index contributed by atoms with van der Waals surface area (Å²) in [5.41, 5.74) is 7.70. The van der Waals surface area contributed by atoms with E-state index in [0.717, 1.165) is 58.4 Å². The lowest BCUT2D eigenvalue weighted by molar-refractivity contribution is 0.103. The van der Waals surface area contributed by atoms with Gasteiger partial charge >= 0.3 is 0 Å². The molecule has 1 aromatic rings. The maximum absolute atomic E-state index is 10.7. The minimum Gasteiger partial charge on any atom is -0.391 e. The van der Waals surface area contributed by atoms with Crippen LogP contribution in [0.25, 0.3) is 0 Å². The van der Waals surface area contributed by atoms with Crippen molar-refractivity contribution in [2.75, 3.05) is 39.3 Å². The van der Waals surface area contributed by atoms with Crippen LogP contribution in [0, 0.1) is 17.2 Å². The molecule has 1 aromatic carbocycles. The first-order valence-corrected chi connectivity index (χ1v) is 15.8.